The molecule has 4 nitrogen and oxygen atoms in total. The first-order valence-electron chi connectivity index (χ1n) is 10.5. The third-order valence-corrected chi connectivity index (χ3v) is 5.93. The molecule has 0 saturated heterocycles. The third kappa shape index (κ3) is 5.14. The predicted octanol–water partition coefficient (Wildman–Crippen LogP) is 5.12. The monoisotopic (exact) mass is 404 g/mol. The lowest BCUT2D eigenvalue weighted by atomic mass is 10.0. The summed E-state index contributed by atoms with van der Waals surface area (Å²) in [6.45, 7) is 14.0. The zero-order valence-electron chi connectivity index (χ0n) is 18.8. The molecular formula is C26H32N2O2. The molecule has 0 saturated carbocycles. The average molecular weight is 405 g/mol. The smallest absolute Gasteiger partial charge is 0.242 e. The molecule has 0 spiro atoms. The molecule has 0 unspecified atom stereocenters. The molecule has 0 fully saturated rings. The lowest BCUT2D eigenvalue weighted by molar-refractivity contribution is -0.132. The number of likely N-dealkylation sites (N-methyl/N-ethyl adjacent to an activating group) is 1. The van der Waals surface area contributed by atoms with Crippen LogP contribution in [0.15, 0.2) is 65.4 Å². The normalized spacial score (nSPS) is 16.5. The molecule has 1 aromatic rings. The number of ether oxygens (including phenoxy) is 1. The minimum Gasteiger partial charge on any atom is -0.456 e. The summed E-state index contributed by atoms with van der Waals surface area (Å²) in [5.41, 5.74) is 10.00. The molecule has 30 heavy (non-hydrogen) atoms. The van der Waals surface area contributed by atoms with Crippen LogP contribution in [-0.4, -0.2) is 42.4 Å². The van der Waals surface area contributed by atoms with Gasteiger partial charge in [0.1, 0.15) is 11.5 Å². The summed E-state index contributed by atoms with van der Waals surface area (Å²) < 4.78 is 5.89. The highest BCUT2D eigenvalue weighted by molar-refractivity contribution is 5.79. The van der Waals surface area contributed by atoms with Gasteiger partial charge in [0.05, 0.1) is 13.1 Å². The number of hydrogen-bond donors (Lipinski definition) is 0. The minimum atomic E-state index is 0.107. The first-order chi connectivity index (χ1) is 14.2. The number of rotatable bonds is 5. The molecule has 0 bridgehead atoms. The Morgan fingerprint density at radius 1 is 1.30 bits per heavy atom. The molecule has 0 N–H and O–H groups in total. The zero-order valence-corrected chi connectivity index (χ0v) is 18.8. The molecule has 3 rings (SSSR count). The lowest BCUT2D eigenvalue weighted by Gasteiger charge is -2.31. The van der Waals surface area contributed by atoms with Gasteiger partial charge >= 0.3 is 0 Å². The van der Waals surface area contributed by atoms with E-state index in [0.29, 0.717) is 13.1 Å². The second-order valence-electron chi connectivity index (χ2n) is 8.27. The van der Waals surface area contributed by atoms with Crippen molar-refractivity contribution in [3.8, 4) is 0 Å². The van der Waals surface area contributed by atoms with E-state index in [4.69, 9.17) is 4.74 Å². The number of hydrogen-bond acceptors (Lipinski definition) is 3. The van der Waals surface area contributed by atoms with Crippen molar-refractivity contribution in [2.45, 2.75) is 40.5 Å². The van der Waals surface area contributed by atoms with Crippen LogP contribution in [0.1, 0.15) is 43.4 Å². The maximum atomic E-state index is 12.9. The van der Waals surface area contributed by atoms with Crippen LogP contribution in [0.4, 0.5) is 0 Å². The van der Waals surface area contributed by atoms with Crippen molar-refractivity contribution in [1.82, 2.24) is 9.80 Å². The Balaban J connectivity index is 1.61. The molecule has 158 valence electrons. The van der Waals surface area contributed by atoms with E-state index in [1.54, 1.807) is 0 Å². The second-order valence-corrected chi connectivity index (χ2v) is 8.27. The number of carbonyl (C=O) groups excluding carboxylic acids is 1. The summed E-state index contributed by atoms with van der Waals surface area (Å²) in [7, 11) is 1.95. The Kier molecular flexibility index (Phi) is 6.69. The van der Waals surface area contributed by atoms with Crippen LogP contribution >= 0.6 is 0 Å². The van der Waals surface area contributed by atoms with Crippen molar-refractivity contribution in [3.05, 3.63) is 82.1 Å². The van der Waals surface area contributed by atoms with Crippen LogP contribution < -0.4 is 0 Å². The minimum absolute atomic E-state index is 0.107. The van der Waals surface area contributed by atoms with Crippen LogP contribution in [0.2, 0.25) is 0 Å². The summed E-state index contributed by atoms with van der Waals surface area (Å²) in [6.07, 6.45) is 5.77. The fourth-order valence-corrected chi connectivity index (χ4v) is 3.65. The Labute approximate surface area is 180 Å². The second kappa shape index (κ2) is 9.23. The average Bonchev–Trinajstić information content (AvgIpc) is 2.89. The van der Waals surface area contributed by atoms with Crippen LogP contribution in [0, 0.1) is 13.8 Å². The van der Waals surface area contributed by atoms with Crippen molar-refractivity contribution in [1.29, 1.82) is 0 Å². The number of allylic oxidation sites excluding steroid dienone is 4. The summed E-state index contributed by atoms with van der Waals surface area (Å²) in [6, 6.07) is 6.37. The maximum Gasteiger partial charge on any atom is 0.242 e. The zero-order chi connectivity index (χ0) is 21.8. The molecule has 0 radical (unpaired) electrons. The molecule has 1 aromatic carbocycles. The van der Waals surface area contributed by atoms with Gasteiger partial charge < -0.3 is 14.5 Å². The van der Waals surface area contributed by atoms with Crippen LogP contribution in [0.3, 0.4) is 0 Å². The van der Waals surface area contributed by atoms with Crippen molar-refractivity contribution in [2.24, 2.45) is 0 Å². The van der Waals surface area contributed by atoms with Crippen molar-refractivity contribution in [3.63, 3.8) is 0 Å². The fraction of sp³-hybridized carbons (Fsp3) is 0.385. The SMILES string of the molecule is C=C(/C=C(/C)N(C)CC(=O)N1CCC2=C(C1)OC(C)=C=CC2)c1ccc(C)c(C)c1. The topological polar surface area (TPSA) is 32.8 Å². The largest absolute Gasteiger partial charge is 0.456 e. The van der Waals surface area contributed by atoms with Gasteiger partial charge in [-0.3, -0.25) is 4.79 Å². The van der Waals surface area contributed by atoms with Gasteiger partial charge in [-0.25, -0.2) is 0 Å². The van der Waals surface area contributed by atoms with Gasteiger partial charge in [-0.1, -0.05) is 30.5 Å². The van der Waals surface area contributed by atoms with Crippen molar-refractivity contribution >= 4 is 11.5 Å². The van der Waals surface area contributed by atoms with Gasteiger partial charge in [-0.15, -0.1) is 0 Å². The molecule has 4 heteroatoms. The molecule has 2 heterocycles. The van der Waals surface area contributed by atoms with E-state index >= 15 is 0 Å². The molecule has 0 aromatic heterocycles. The number of benzene rings is 1. The standard InChI is InChI=1S/C26H32N2O2/c1-18-10-11-24(15-19(18)2)20(3)14-21(4)27(6)17-26(29)28-13-12-23-9-7-8-22(5)30-25(23)16-28/h7,10-11,14-15H,3,9,12-13,16-17H2,1-2,4-6H3/b21-14-. The Hall–Kier alpha value is -2.97. The van der Waals surface area contributed by atoms with E-state index in [1.807, 2.05) is 42.8 Å². The number of carbonyl (C=O) groups is 1. The first kappa shape index (κ1) is 21.7. The van der Waals surface area contributed by atoms with Gasteiger partial charge in [-0.2, -0.15) is 0 Å². The molecule has 0 aliphatic carbocycles. The van der Waals surface area contributed by atoms with Crippen LogP contribution in [-0.2, 0) is 9.53 Å². The third-order valence-electron chi connectivity index (χ3n) is 5.93. The number of aryl methyl sites for hydroxylation is 2. The predicted molar refractivity (Wildman–Crippen MR) is 123 cm³/mol. The van der Waals surface area contributed by atoms with Gasteiger partial charge in [0, 0.05) is 26.2 Å². The van der Waals surface area contributed by atoms with Crippen LogP contribution in [0.25, 0.3) is 5.57 Å². The quantitative estimate of drug-likeness (QED) is 0.504. The summed E-state index contributed by atoms with van der Waals surface area (Å²) in [5, 5.41) is 0. The highest BCUT2D eigenvalue weighted by Crippen LogP contribution is 2.26. The molecule has 0 atom stereocenters. The van der Waals surface area contributed by atoms with Crippen LogP contribution in [0.5, 0.6) is 0 Å². The van der Waals surface area contributed by atoms with Crippen molar-refractivity contribution < 1.29 is 9.53 Å². The van der Waals surface area contributed by atoms with E-state index in [0.717, 1.165) is 47.7 Å². The highest BCUT2D eigenvalue weighted by atomic mass is 16.5. The van der Waals surface area contributed by atoms with E-state index in [9.17, 15) is 4.79 Å². The van der Waals surface area contributed by atoms with E-state index in [-0.39, 0.29) is 5.91 Å². The summed E-state index contributed by atoms with van der Waals surface area (Å²) >= 11 is 0. The summed E-state index contributed by atoms with van der Waals surface area (Å²) in [4.78, 5) is 16.8. The molecule has 2 aliphatic rings. The number of nitrogens with zero attached hydrogens (tertiary/aromatic N) is 2. The molecule has 1 amide bonds. The van der Waals surface area contributed by atoms with Gasteiger partial charge in [0.15, 0.2) is 0 Å². The summed E-state index contributed by atoms with van der Waals surface area (Å²) in [5.74, 6) is 1.78. The number of amides is 1. The van der Waals surface area contributed by atoms with Gasteiger partial charge in [-0.05, 0) is 73.6 Å². The molecular weight excluding hydrogens is 372 g/mol. The maximum absolute atomic E-state index is 12.9. The van der Waals surface area contributed by atoms with E-state index < -0.39 is 0 Å². The first-order valence-corrected chi connectivity index (χ1v) is 10.5. The van der Waals surface area contributed by atoms with E-state index in [1.165, 1.54) is 16.7 Å². The highest BCUT2D eigenvalue weighted by Gasteiger charge is 2.25. The molecule has 2 aliphatic heterocycles. The van der Waals surface area contributed by atoms with Gasteiger partial charge in [0.2, 0.25) is 5.91 Å². The Bertz CT molecular complexity index is 990. The van der Waals surface area contributed by atoms with E-state index in [2.05, 4.69) is 44.4 Å². The lowest BCUT2D eigenvalue weighted by Crippen LogP contribution is -2.42. The van der Waals surface area contributed by atoms with Crippen molar-refractivity contribution in [2.75, 3.05) is 26.7 Å². The Morgan fingerprint density at radius 2 is 2.07 bits per heavy atom. The Morgan fingerprint density at radius 3 is 2.80 bits per heavy atom. The fourth-order valence-electron chi connectivity index (χ4n) is 3.65. The van der Waals surface area contributed by atoms with Gasteiger partial charge in [0.25, 0.3) is 0 Å².